The number of anilines is 1. The second kappa shape index (κ2) is 6.72. The predicted molar refractivity (Wildman–Crippen MR) is 95.7 cm³/mol. The van der Waals surface area contributed by atoms with Gasteiger partial charge in [-0.25, -0.2) is 9.67 Å². The lowest BCUT2D eigenvalue weighted by atomic mass is 10.1. The molecule has 7 heteroatoms. The van der Waals surface area contributed by atoms with Crippen molar-refractivity contribution in [1.29, 1.82) is 0 Å². The molecule has 0 atom stereocenters. The molecule has 0 saturated heterocycles. The van der Waals surface area contributed by atoms with Crippen LogP contribution < -0.4 is 10.6 Å². The lowest BCUT2D eigenvalue weighted by Crippen LogP contribution is -2.18. The molecule has 0 saturated carbocycles. The molecule has 3 rings (SSSR count). The molecule has 2 heterocycles. The maximum Gasteiger partial charge on any atom is 0.257 e. The molecule has 3 aromatic rings. The van der Waals surface area contributed by atoms with Crippen LogP contribution >= 0.6 is 0 Å². The Morgan fingerprint density at radius 2 is 1.88 bits per heavy atom. The highest BCUT2D eigenvalue weighted by molar-refractivity contribution is 6.06. The Morgan fingerprint density at radius 1 is 1.08 bits per heavy atom. The number of amides is 2. The zero-order chi connectivity index (χ0) is 18.0. The SMILES string of the molecule is CNC(=O)c1cccc(NC(=O)c2cnc3c(cnn3C(C)C)c2)c1. The Morgan fingerprint density at radius 3 is 2.60 bits per heavy atom. The van der Waals surface area contributed by atoms with Crippen molar-refractivity contribution in [3.63, 3.8) is 0 Å². The highest BCUT2D eigenvalue weighted by Crippen LogP contribution is 2.18. The van der Waals surface area contributed by atoms with Gasteiger partial charge in [-0.3, -0.25) is 9.59 Å². The van der Waals surface area contributed by atoms with E-state index in [0.29, 0.717) is 16.8 Å². The Labute approximate surface area is 145 Å². The number of rotatable bonds is 4. The van der Waals surface area contributed by atoms with Crippen molar-refractivity contribution in [2.24, 2.45) is 0 Å². The highest BCUT2D eigenvalue weighted by atomic mass is 16.2. The van der Waals surface area contributed by atoms with E-state index in [1.807, 2.05) is 18.5 Å². The van der Waals surface area contributed by atoms with Crippen molar-refractivity contribution >= 4 is 28.5 Å². The van der Waals surface area contributed by atoms with E-state index in [2.05, 4.69) is 20.7 Å². The van der Waals surface area contributed by atoms with E-state index in [0.717, 1.165) is 11.0 Å². The summed E-state index contributed by atoms with van der Waals surface area (Å²) in [6, 6.07) is 8.70. The third-order valence-electron chi connectivity index (χ3n) is 3.79. The summed E-state index contributed by atoms with van der Waals surface area (Å²) < 4.78 is 1.81. The van der Waals surface area contributed by atoms with Crippen LogP contribution in [-0.4, -0.2) is 33.6 Å². The average Bonchev–Trinajstić information content (AvgIpc) is 3.04. The Bertz CT molecular complexity index is 946. The van der Waals surface area contributed by atoms with Gasteiger partial charge in [0, 0.05) is 35.9 Å². The topological polar surface area (TPSA) is 88.9 Å². The maximum atomic E-state index is 12.5. The Balaban J connectivity index is 1.84. The second-order valence-electron chi connectivity index (χ2n) is 5.93. The quantitative estimate of drug-likeness (QED) is 0.766. The van der Waals surface area contributed by atoms with Crippen LogP contribution in [0.15, 0.2) is 42.7 Å². The lowest BCUT2D eigenvalue weighted by Gasteiger charge is -2.08. The first-order valence-electron chi connectivity index (χ1n) is 7.96. The summed E-state index contributed by atoms with van der Waals surface area (Å²) >= 11 is 0. The first-order chi connectivity index (χ1) is 12.0. The van der Waals surface area contributed by atoms with Gasteiger partial charge in [0.15, 0.2) is 5.65 Å². The van der Waals surface area contributed by atoms with E-state index in [-0.39, 0.29) is 17.9 Å². The van der Waals surface area contributed by atoms with Crippen LogP contribution in [0, 0.1) is 0 Å². The van der Waals surface area contributed by atoms with Crippen LogP contribution in [-0.2, 0) is 0 Å². The van der Waals surface area contributed by atoms with Crippen LogP contribution in [0.25, 0.3) is 11.0 Å². The van der Waals surface area contributed by atoms with Crippen molar-refractivity contribution in [3.05, 3.63) is 53.9 Å². The zero-order valence-electron chi connectivity index (χ0n) is 14.3. The van der Waals surface area contributed by atoms with Gasteiger partial charge in [0.25, 0.3) is 11.8 Å². The molecular formula is C18H19N5O2. The van der Waals surface area contributed by atoms with Gasteiger partial charge in [-0.2, -0.15) is 5.10 Å². The lowest BCUT2D eigenvalue weighted by molar-refractivity contribution is 0.0961. The molecular weight excluding hydrogens is 318 g/mol. The second-order valence-corrected chi connectivity index (χ2v) is 5.93. The molecule has 0 bridgehead atoms. The molecule has 2 amide bonds. The molecule has 0 aliphatic rings. The van der Waals surface area contributed by atoms with Crippen LogP contribution in [0.3, 0.4) is 0 Å². The van der Waals surface area contributed by atoms with E-state index in [9.17, 15) is 9.59 Å². The summed E-state index contributed by atoms with van der Waals surface area (Å²) in [5.74, 6) is -0.499. The number of nitrogens with zero attached hydrogens (tertiary/aromatic N) is 3. The number of hydrogen-bond acceptors (Lipinski definition) is 4. The predicted octanol–water partition coefficient (Wildman–Crippen LogP) is 2.62. The van der Waals surface area contributed by atoms with Gasteiger partial charge in [-0.15, -0.1) is 0 Å². The molecule has 0 unspecified atom stereocenters. The number of fused-ring (bicyclic) bond motifs is 1. The summed E-state index contributed by atoms with van der Waals surface area (Å²) in [6.07, 6.45) is 3.23. The molecule has 2 aromatic heterocycles. The minimum Gasteiger partial charge on any atom is -0.355 e. The largest absolute Gasteiger partial charge is 0.355 e. The third-order valence-corrected chi connectivity index (χ3v) is 3.79. The maximum absolute atomic E-state index is 12.5. The number of hydrogen-bond donors (Lipinski definition) is 2. The Hall–Kier alpha value is -3.22. The minimum atomic E-state index is -0.291. The van der Waals surface area contributed by atoms with E-state index in [1.54, 1.807) is 43.6 Å². The van der Waals surface area contributed by atoms with Gasteiger partial charge >= 0.3 is 0 Å². The Kier molecular flexibility index (Phi) is 4.47. The summed E-state index contributed by atoms with van der Waals surface area (Å²) in [6.45, 7) is 4.04. The number of aromatic nitrogens is 3. The van der Waals surface area contributed by atoms with Crippen molar-refractivity contribution in [3.8, 4) is 0 Å². The first-order valence-corrected chi connectivity index (χ1v) is 7.96. The number of carbonyl (C=O) groups excluding carboxylic acids is 2. The fraction of sp³-hybridized carbons (Fsp3) is 0.222. The van der Waals surface area contributed by atoms with Crippen molar-refractivity contribution in [1.82, 2.24) is 20.1 Å². The molecule has 7 nitrogen and oxygen atoms in total. The summed E-state index contributed by atoms with van der Waals surface area (Å²) in [7, 11) is 1.56. The molecule has 128 valence electrons. The van der Waals surface area contributed by atoms with Crippen LogP contribution in [0.1, 0.15) is 40.6 Å². The van der Waals surface area contributed by atoms with Gasteiger partial charge in [0.1, 0.15) is 0 Å². The molecule has 25 heavy (non-hydrogen) atoms. The first kappa shape index (κ1) is 16.6. The fourth-order valence-corrected chi connectivity index (χ4v) is 2.53. The van der Waals surface area contributed by atoms with E-state index >= 15 is 0 Å². The van der Waals surface area contributed by atoms with Crippen molar-refractivity contribution < 1.29 is 9.59 Å². The van der Waals surface area contributed by atoms with Gasteiger partial charge in [-0.1, -0.05) is 6.07 Å². The fourth-order valence-electron chi connectivity index (χ4n) is 2.53. The standard InChI is InChI=1S/C18H19N5O2/c1-11(2)23-16-13(10-21-23)7-14(9-20-16)18(25)22-15-6-4-5-12(8-15)17(24)19-3/h4-11H,1-3H3,(H,19,24)(H,22,25). The summed E-state index contributed by atoms with van der Waals surface area (Å²) in [5.41, 5.74) is 2.20. The third kappa shape index (κ3) is 3.35. The van der Waals surface area contributed by atoms with Crippen LogP contribution in [0.5, 0.6) is 0 Å². The average molecular weight is 337 g/mol. The van der Waals surface area contributed by atoms with Gasteiger partial charge in [0.2, 0.25) is 0 Å². The van der Waals surface area contributed by atoms with E-state index < -0.39 is 0 Å². The zero-order valence-corrected chi connectivity index (χ0v) is 14.3. The molecule has 0 aliphatic heterocycles. The summed E-state index contributed by atoms with van der Waals surface area (Å²) in [5, 5.41) is 10.4. The van der Waals surface area contributed by atoms with Crippen LogP contribution in [0.4, 0.5) is 5.69 Å². The molecule has 1 aromatic carbocycles. The highest BCUT2D eigenvalue weighted by Gasteiger charge is 2.12. The molecule has 2 N–H and O–H groups in total. The summed E-state index contributed by atoms with van der Waals surface area (Å²) in [4.78, 5) is 28.5. The number of nitrogens with one attached hydrogen (secondary N) is 2. The number of benzene rings is 1. The van der Waals surface area contributed by atoms with E-state index in [4.69, 9.17) is 0 Å². The monoisotopic (exact) mass is 337 g/mol. The normalized spacial score (nSPS) is 10.9. The van der Waals surface area contributed by atoms with E-state index in [1.165, 1.54) is 6.20 Å². The van der Waals surface area contributed by atoms with Gasteiger partial charge < -0.3 is 10.6 Å². The van der Waals surface area contributed by atoms with Crippen molar-refractivity contribution in [2.75, 3.05) is 12.4 Å². The van der Waals surface area contributed by atoms with Crippen molar-refractivity contribution in [2.45, 2.75) is 19.9 Å². The minimum absolute atomic E-state index is 0.192. The molecule has 0 radical (unpaired) electrons. The van der Waals surface area contributed by atoms with Crippen LogP contribution in [0.2, 0.25) is 0 Å². The van der Waals surface area contributed by atoms with Gasteiger partial charge in [0.05, 0.1) is 11.8 Å². The number of pyridine rings is 1. The molecule has 0 aliphatic carbocycles. The molecule has 0 spiro atoms. The molecule has 0 fully saturated rings. The smallest absolute Gasteiger partial charge is 0.257 e. The number of carbonyl (C=O) groups is 2. The van der Waals surface area contributed by atoms with Gasteiger partial charge in [-0.05, 0) is 38.1 Å².